The number of rotatable bonds is 5. The zero-order chi connectivity index (χ0) is 13.1. The van der Waals surface area contributed by atoms with Crippen molar-refractivity contribution in [1.82, 2.24) is 9.78 Å². The summed E-state index contributed by atoms with van der Waals surface area (Å²) in [5.74, 6) is 2.68. The standard InChI is InChI=1S/C12H14ClN3O2/c1-2-5-16-12(18)11(9(13)6-15-16)14-7-10(17)8-3-4-8/h1,6,8,10,14,17H,3-5,7H2. The second-order valence-corrected chi connectivity index (χ2v) is 4.73. The van der Waals surface area contributed by atoms with Crippen molar-refractivity contribution in [2.24, 2.45) is 5.92 Å². The van der Waals surface area contributed by atoms with Gasteiger partial charge in [-0.25, -0.2) is 4.68 Å². The monoisotopic (exact) mass is 267 g/mol. The Morgan fingerprint density at radius 3 is 3.06 bits per heavy atom. The van der Waals surface area contributed by atoms with Gasteiger partial charge in [-0.15, -0.1) is 6.42 Å². The summed E-state index contributed by atoms with van der Waals surface area (Å²) in [6, 6.07) is 0. The minimum atomic E-state index is -0.449. The molecule has 0 spiro atoms. The van der Waals surface area contributed by atoms with E-state index in [0.717, 1.165) is 17.5 Å². The van der Waals surface area contributed by atoms with Gasteiger partial charge in [-0.05, 0) is 18.8 Å². The van der Waals surface area contributed by atoms with Gasteiger partial charge in [0, 0.05) is 6.54 Å². The van der Waals surface area contributed by atoms with Crippen LogP contribution in [0.5, 0.6) is 0 Å². The highest BCUT2D eigenvalue weighted by atomic mass is 35.5. The van der Waals surface area contributed by atoms with Gasteiger partial charge < -0.3 is 10.4 Å². The largest absolute Gasteiger partial charge is 0.391 e. The molecule has 1 aliphatic carbocycles. The van der Waals surface area contributed by atoms with Crippen LogP contribution in [0.15, 0.2) is 11.0 Å². The molecule has 1 atom stereocenters. The van der Waals surface area contributed by atoms with Crippen LogP contribution in [0.25, 0.3) is 0 Å². The maximum atomic E-state index is 12.0. The van der Waals surface area contributed by atoms with Gasteiger partial charge in [0.15, 0.2) is 0 Å². The Kier molecular flexibility index (Phi) is 3.90. The van der Waals surface area contributed by atoms with Crippen molar-refractivity contribution in [2.75, 3.05) is 11.9 Å². The molecule has 2 N–H and O–H groups in total. The van der Waals surface area contributed by atoms with E-state index in [1.54, 1.807) is 0 Å². The van der Waals surface area contributed by atoms with E-state index in [4.69, 9.17) is 18.0 Å². The Bertz CT molecular complexity index is 531. The molecule has 1 aliphatic rings. The first-order chi connectivity index (χ1) is 8.63. The van der Waals surface area contributed by atoms with Crippen LogP contribution in [0.4, 0.5) is 5.69 Å². The molecule has 0 radical (unpaired) electrons. The van der Waals surface area contributed by atoms with E-state index in [-0.39, 0.29) is 22.8 Å². The van der Waals surface area contributed by atoms with E-state index in [1.165, 1.54) is 6.20 Å². The second-order valence-electron chi connectivity index (χ2n) is 4.32. The van der Waals surface area contributed by atoms with Crippen LogP contribution < -0.4 is 10.9 Å². The Labute approximate surface area is 110 Å². The first kappa shape index (κ1) is 12.9. The molecule has 18 heavy (non-hydrogen) atoms. The summed E-state index contributed by atoms with van der Waals surface area (Å²) in [4.78, 5) is 12.0. The number of anilines is 1. The molecule has 1 heterocycles. The van der Waals surface area contributed by atoms with Crippen molar-refractivity contribution in [3.8, 4) is 12.3 Å². The molecule has 1 saturated carbocycles. The van der Waals surface area contributed by atoms with Crippen molar-refractivity contribution in [2.45, 2.75) is 25.5 Å². The smallest absolute Gasteiger partial charge is 0.292 e. The van der Waals surface area contributed by atoms with Crippen LogP contribution in [-0.2, 0) is 6.54 Å². The summed E-state index contributed by atoms with van der Waals surface area (Å²) in [6.07, 6.45) is 8.13. The number of hydrogen-bond acceptors (Lipinski definition) is 4. The molecule has 5 nitrogen and oxygen atoms in total. The summed E-state index contributed by atoms with van der Waals surface area (Å²) in [6.45, 7) is 0.398. The minimum Gasteiger partial charge on any atom is -0.391 e. The maximum absolute atomic E-state index is 12.0. The van der Waals surface area contributed by atoms with E-state index in [1.807, 2.05) is 0 Å². The van der Waals surface area contributed by atoms with Gasteiger partial charge in [0.1, 0.15) is 12.2 Å². The van der Waals surface area contributed by atoms with Crippen molar-refractivity contribution < 1.29 is 5.11 Å². The van der Waals surface area contributed by atoms with E-state index in [0.29, 0.717) is 12.5 Å². The number of aliphatic hydroxyl groups excluding tert-OH is 1. The summed E-state index contributed by atoms with van der Waals surface area (Å²) in [7, 11) is 0. The van der Waals surface area contributed by atoms with Gasteiger partial charge in [0.25, 0.3) is 5.56 Å². The van der Waals surface area contributed by atoms with Crippen molar-refractivity contribution >= 4 is 17.3 Å². The zero-order valence-corrected chi connectivity index (χ0v) is 10.5. The normalized spacial score (nSPS) is 16.1. The number of hydrogen-bond donors (Lipinski definition) is 2. The van der Waals surface area contributed by atoms with Crippen LogP contribution >= 0.6 is 11.6 Å². The van der Waals surface area contributed by atoms with Crippen molar-refractivity contribution in [3.05, 3.63) is 21.6 Å². The molecule has 6 heteroatoms. The average molecular weight is 268 g/mol. The van der Waals surface area contributed by atoms with Gasteiger partial charge in [0.05, 0.1) is 17.3 Å². The highest BCUT2D eigenvalue weighted by molar-refractivity contribution is 6.32. The first-order valence-corrected chi connectivity index (χ1v) is 6.12. The average Bonchev–Trinajstić information content (AvgIpc) is 3.16. The predicted octanol–water partition coefficient (Wildman–Crippen LogP) is 0.713. The third kappa shape index (κ3) is 2.84. The molecular formula is C12H14ClN3O2. The lowest BCUT2D eigenvalue weighted by Gasteiger charge is -2.13. The summed E-state index contributed by atoms with van der Waals surface area (Å²) < 4.78 is 1.15. The molecule has 1 fully saturated rings. The SMILES string of the molecule is C#CCn1ncc(Cl)c(NCC(O)C2CC2)c1=O. The number of terminal acetylenes is 1. The van der Waals surface area contributed by atoms with Crippen LogP contribution in [0.3, 0.4) is 0 Å². The van der Waals surface area contributed by atoms with Gasteiger partial charge in [-0.2, -0.15) is 5.10 Å². The van der Waals surface area contributed by atoms with E-state index in [9.17, 15) is 9.90 Å². The molecule has 2 rings (SSSR count). The second kappa shape index (κ2) is 5.42. The fourth-order valence-corrected chi connectivity index (χ4v) is 1.87. The number of aliphatic hydroxyl groups is 1. The molecule has 1 unspecified atom stereocenters. The number of halogens is 1. The third-order valence-corrected chi connectivity index (χ3v) is 3.18. The lowest BCUT2D eigenvalue weighted by atomic mass is 10.2. The van der Waals surface area contributed by atoms with E-state index >= 15 is 0 Å². The quantitative estimate of drug-likeness (QED) is 0.771. The van der Waals surface area contributed by atoms with Crippen LogP contribution in [0, 0.1) is 18.3 Å². The summed E-state index contributed by atoms with van der Waals surface area (Å²) in [5.41, 5.74) is -0.134. The van der Waals surface area contributed by atoms with Crippen molar-refractivity contribution in [3.63, 3.8) is 0 Å². The van der Waals surface area contributed by atoms with E-state index < -0.39 is 6.10 Å². The summed E-state index contributed by atoms with van der Waals surface area (Å²) in [5, 5.41) is 16.7. The lowest BCUT2D eigenvalue weighted by molar-refractivity contribution is 0.164. The number of nitrogens with one attached hydrogen (secondary N) is 1. The zero-order valence-electron chi connectivity index (χ0n) is 9.77. The highest BCUT2D eigenvalue weighted by Crippen LogP contribution is 2.32. The third-order valence-electron chi connectivity index (χ3n) is 2.89. The fraction of sp³-hybridized carbons (Fsp3) is 0.500. The minimum absolute atomic E-state index is 0.0931. The molecule has 1 aromatic heterocycles. The Balaban J connectivity index is 2.13. The van der Waals surface area contributed by atoms with Crippen LogP contribution in [-0.4, -0.2) is 27.5 Å². The molecule has 0 aromatic carbocycles. The van der Waals surface area contributed by atoms with Gasteiger partial charge in [-0.3, -0.25) is 4.79 Å². The van der Waals surface area contributed by atoms with Crippen LogP contribution in [0.1, 0.15) is 12.8 Å². The topological polar surface area (TPSA) is 67.2 Å². The molecule has 0 aliphatic heterocycles. The molecular weight excluding hydrogens is 254 g/mol. The predicted molar refractivity (Wildman–Crippen MR) is 69.6 cm³/mol. The summed E-state index contributed by atoms with van der Waals surface area (Å²) >= 11 is 5.91. The number of nitrogens with zero attached hydrogens (tertiary/aromatic N) is 2. The fourth-order valence-electron chi connectivity index (χ4n) is 1.68. The van der Waals surface area contributed by atoms with Gasteiger partial charge in [-0.1, -0.05) is 17.5 Å². The molecule has 0 bridgehead atoms. The lowest BCUT2D eigenvalue weighted by Crippen LogP contribution is -2.29. The van der Waals surface area contributed by atoms with Gasteiger partial charge in [0.2, 0.25) is 0 Å². The Hall–Kier alpha value is -1.51. The number of aromatic nitrogens is 2. The Morgan fingerprint density at radius 1 is 1.72 bits per heavy atom. The maximum Gasteiger partial charge on any atom is 0.292 e. The van der Waals surface area contributed by atoms with Gasteiger partial charge >= 0.3 is 0 Å². The highest BCUT2D eigenvalue weighted by Gasteiger charge is 2.29. The molecule has 96 valence electrons. The molecule has 1 aromatic rings. The first-order valence-electron chi connectivity index (χ1n) is 5.74. The molecule has 0 saturated heterocycles. The van der Waals surface area contributed by atoms with Crippen molar-refractivity contribution in [1.29, 1.82) is 0 Å². The molecule has 0 amide bonds. The van der Waals surface area contributed by atoms with E-state index in [2.05, 4.69) is 16.3 Å². The van der Waals surface area contributed by atoms with Crippen LogP contribution in [0.2, 0.25) is 5.02 Å². The Morgan fingerprint density at radius 2 is 2.44 bits per heavy atom.